The molecule has 0 radical (unpaired) electrons. The Morgan fingerprint density at radius 1 is 1.62 bits per heavy atom. The van der Waals surface area contributed by atoms with E-state index in [0.29, 0.717) is 0 Å². The van der Waals surface area contributed by atoms with Crippen molar-refractivity contribution in [3.05, 3.63) is 24.2 Å². The third-order valence-corrected chi connectivity index (χ3v) is 3.07. The molecule has 1 unspecified atom stereocenters. The molecule has 1 heterocycles. The Morgan fingerprint density at radius 3 is 3.08 bits per heavy atom. The van der Waals surface area contributed by atoms with E-state index in [-0.39, 0.29) is 0 Å². The first-order valence-electron chi connectivity index (χ1n) is 4.57. The fourth-order valence-electron chi connectivity index (χ4n) is 1.16. The van der Waals surface area contributed by atoms with E-state index < -0.39 is 0 Å². The molecule has 13 heavy (non-hydrogen) atoms. The molecule has 1 aromatic rings. The molecule has 1 atom stereocenters. The van der Waals surface area contributed by atoms with Crippen LogP contribution in [0, 0.1) is 5.92 Å². The van der Waals surface area contributed by atoms with Crippen molar-refractivity contribution < 1.29 is 4.42 Å². The summed E-state index contributed by atoms with van der Waals surface area (Å²) in [5.41, 5.74) is 0. The summed E-state index contributed by atoms with van der Waals surface area (Å²) in [5.74, 6) is 3.97. The van der Waals surface area contributed by atoms with Gasteiger partial charge < -0.3 is 9.73 Å². The van der Waals surface area contributed by atoms with Crippen LogP contribution in [0.25, 0.3) is 0 Å². The zero-order valence-corrected chi connectivity index (χ0v) is 9.06. The third-order valence-electron chi connectivity index (χ3n) is 1.78. The minimum absolute atomic E-state index is 0.727. The van der Waals surface area contributed by atoms with Crippen molar-refractivity contribution in [1.29, 1.82) is 0 Å². The van der Waals surface area contributed by atoms with Gasteiger partial charge in [-0.05, 0) is 37.4 Å². The van der Waals surface area contributed by atoms with Crippen LogP contribution in [0.4, 0.5) is 0 Å². The van der Waals surface area contributed by atoms with Gasteiger partial charge in [0.05, 0.1) is 12.0 Å². The average molecular weight is 199 g/mol. The number of rotatable bonds is 6. The van der Waals surface area contributed by atoms with E-state index in [0.717, 1.165) is 24.0 Å². The topological polar surface area (TPSA) is 25.2 Å². The van der Waals surface area contributed by atoms with Crippen molar-refractivity contribution in [2.24, 2.45) is 5.92 Å². The van der Waals surface area contributed by atoms with Crippen molar-refractivity contribution in [2.75, 3.05) is 19.3 Å². The molecule has 3 heteroatoms. The SMILES string of the molecule is CNCC(C)CSCc1ccco1. The maximum Gasteiger partial charge on any atom is 0.113 e. The van der Waals surface area contributed by atoms with E-state index in [9.17, 15) is 0 Å². The summed E-state index contributed by atoms with van der Waals surface area (Å²) in [6.07, 6.45) is 1.73. The van der Waals surface area contributed by atoms with Crippen molar-refractivity contribution >= 4 is 11.8 Å². The predicted octanol–water partition coefficient (Wildman–Crippen LogP) is 2.37. The maximum atomic E-state index is 5.24. The lowest BCUT2D eigenvalue weighted by Crippen LogP contribution is -2.17. The zero-order valence-electron chi connectivity index (χ0n) is 8.25. The van der Waals surface area contributed by atoms with Crippen molar-refractivity contribution in [3.63, 3.8) is 0 Å². The molecular weight excluding hydrogens is 182 g/mol. The first-order valence-corrected chi connectivity index (χ1v) is 5.73. The van der Waals surface area contributed by atoms with Crippen LogP contribution in [-0.4, -0.2) is 19.3 Å². The highest BCUT2D eigenvalue weighted by Gasteiger charge is 2.01. The summed E-state index contributed by atoms with van der Waals surface area (Å²) < 4.78 is 5.24. The fraction of sp³-hybridized carbons (Fsp3) is 0.600. The molecule has 1 rings (SSSR count). The van der Waals surface area contributed by atoms with E-state index in [1.54, 1.807) is 6.26 Å². The Balaban J connectivity index is 2.07. The molecule has 2 nitrogen and oxygen atoms in total. The van der Waals surface area contributed by atoms with Gasteiger partial charge in [-0.3, -0.25) is 0 Å². The molecule has 0 bridgehead atoms. The van der Waals surface area contributed by atoms with Crippen LogP contribution in [0.15, 0.2) is 22.8 Å². The monoisotopic (exact) mass is 199 g/mol. The Bertz CT molecular complexity index is 211. The highest BCUT2D eigenvalue weighted by molar-refractivity contribution is 7.98. The molecule has 0 aromatic carbocycles. The highest BCUT2D eigenvalue weighted by atomic mass is 32.2. The Labute approximate surface area is 84.1 Å². The summed E-state index contributed by atoms with van der Waals surface area (Å²) in [4.78, 5) is 0. The molecule has 0 aliphatic heterocycles. The lowest BCUT2D eigenvalue weighted by molar-refractivity contribution is 0.530. The van der Waals surface area contributed by atoms with E-state index in [2.05, 4.69) is 12.2 Å². The second-order valence-electron chi connectivity index (χ2n) is 3.26. The normalized spacial score (nSPS) is 13.1. The molecule has 0 fully saturated rings. The summed E-state index contributed by atoms with van der Waals surface area (Å²) in [6, 6.07) is 3.96. The van der Waals surface area contributed by atoms with Crippen LogP contribution < -0.4 is 5.32 Å². The van der Waals surface area contributed by atoms with Gasteiger partial charge in [-0.2, -0.15) is 11.8 Å². The first-order chi connectivity index (χ1) is 6.33. The molecule has 0 saturated heterocycles. The summed E-state index contributed by atoms with van der Waals surface area (Å²) in [5, 5.41) is 3.17. The van der Waals surface area contributed by atoms with E-state index in [4.69, 9.17) is 4.42 Å². The van der Waals surface area contributed by atoms with Crippen molar-refractivity contribution in [1.82, 2.24) is 5.32 Å². The standard InChI is InChI=1S/C10H17NOS/c1-9(6-11-2)7-13-8-10-4-3-5-12-10/h3-5,9,11H,6-8H2,1-2H3. The van der Waals surface area contributed by atoms with Gasteiger partial charge in [0.2, 0.25) is 0 Å². The van der Waals surface area contributed by atoms with Crippen molar-refractivity contribution in [2.45, 2.75) is 12.7 Å². The number of furan rings is 1. The highest BCUT2D eigenvalue weighted by Crippen LogP contribution is 2.15. The molecule has 0 spiro atoms. The molecule has 0 aliphatic rings. The number of thioether (sulfide) groups is 1. The van der Waals surface area contributed by atoms with Gasteiger partial charge in [-0.25, -0.2) is 0 Å². The largest absolute Gasteiger partial charge is 0.468 e. The van der Waals surface area contributed by atoms with Crippen LogP contribution in [0.1, 0.15) is 12.7 Å². The molecule has 0 saturated carbocycles. The maximum absolute atomic E-state index is 5.24. The molecule has 1 aromatic heterocycles. The van der Waals surface area contributed by atoms with E-state index >= 15 is 0 Å². The second kappa shape index (κ2) is 6.11. The first kappa shape index (κ1) is 10.7. The zero-order chi connectivity index (χ0) is 9.52. The van der Waals surface area contributed by atoms with Crippen LogP contribution in [0.5, 0.6) is 0 Å². The van der Waals surface area contributed by atoms with Gasteiger partial charge in [0, 0.05) is 0 Å². The molecule has 0 aliphatic carbocycles. The molecule has 0 amide bonds. The number of hydrogen-bond donors (Lipinski definition) is 1. The van der Waals surface area contributed by atoms with Gasteiger partial charge in [0.15, 0.2) is 0 Å². The minimum Gasteiger partial charge on any atom is -0.468 e. The molecular formula is C10H17NOS. The predicted molar refractivity (Wildman–Crippen MR) is 58.0 cm³/mol. The Hall–Kier alpha value is -0.410. The average Bonchev–Trinajstić information content (AvgIpc) is 2.57. The lowest BCUT2D eigenvalue weighted by atomic mass is 10.2. The van der Waals surface area contributed by atoms with Crippen LogP contribution in [0.2, 0.25) is 0 Å². The third kappa shape index (κ3) is 4.39. The molecule has 74 valence electrons. The van der Waals surface area contributed by atoms with Gasteiger partial charge in [0.1, 0.15) is 5.76 Å². The van der Waals surface area contributed by atoms with Crippen molar-refractivity contribution in [3.8, 4) is 0 Å². The second-order valence-corrected chi connectivity index (χ2v) is 4.29. The summed E-state index contributed by atoms with van der Waals surface area (Å²) in [6.45, 7) is 3.34. The summed E-state index contributed by atoms with van der Waals surface area (Å²) in [7, 11) is 1.99. The van der Waals surface area contributed by atoms with Gasteiger partial charge in [-0.1, -0.05) is 6.92 Å². The van der Waals surface area contributed by atoms with Crippen LogP contribution >= 0.6 is 11.8 Å². The Morgan fingerprint density at radius 2 is 2.46 bits per heavy atom. The number of nitrogens with one attached hydrogen (secondary N) is 1. The molecule has 1 N–H and O–H groups in total. The Kier molecular flexibility index (Phi) is 5.01. The number of hydrogen-bond acceptors (Lipinski definition) is 3. The minimum atomic E-state index is 0.727. The van der Waals surface area contributed by atoms with E-state index in [1.807, 2.05) is 30.9 Å². The fourth-order valence-corrected chi connectivity index (χ4v) is 2.17. The lowest BCUT2D eigenvalue weighted by Gasteiger charge is -2.08. The smallest absolute Gasteiger partial charge is 0.113 e. The van der Waals surface area contributed by atoms with Gasteiger partial charge in [-0.15, -0.1) is 0 Å². The van der Waals surface area contributed by atoms with Crippen LogP contribution in [-0.2, 0) is 5.75 Å². The quantitative estimate of drug-likeness (QED) is 0.761. The van der Waals surface area contributed by atoms with E-state index in [1.165, 1.54) is 5.75 Å². The summed E-state index contributed by atoms with van der Waals surface area (Å²) >= 11 is 1.93. The van der Waals surface area contributed by atoms with Crippen LogP contribution in [0.3, 0.4) is 0 Å². The van der Waals surface area contributed by atoms with Gasteiger partial charge >= 0.3 is 0 Å². The van der Waals surface area contributed by atoms with Gasteiger partial charge in [0.25, 0.3) is 0 Å².